The topological polar surface area (TPSA) is 67.4 Å². The molecule has 2 aromatic carbocycles. The maximum absolute atomic E-state index is 12.8. The van der Waals surface area contributed by atoms with Crippen molar-refractivity contribution in [2.45, 2.75) is 20.0 Å². The largest absolute Gasteiger partial charge is 0.496 e. The summed E-state index contributed by atoms with van der Waals surface area (Å²) in [7, 11) is 1.64. The van der Waals surface area contributed by atoms with Gasteiger partial charge in [-0.15, -0.1) is 0 Å². The van der Waals surface area contributed by atoms with Crippen molar-refractivity contribution >= 4 is 11.9 Å². The van der Waals surface area contributed by atoms with Gasteiger partial charge in [-0.25, -0.2) is 9.97 Å². The smallest absolute Gasteiger partial charge is 0.257 e. The van der Waals surface area contributed by atoms with Crippen LogP contribution in [0.5, 0.6) is 5.75 Å². The van der Waals surface area contributed by atoms with Gasteiger partial charge in [0, 0.05) is 37.6 Å². The Balaban J connectivity index is 1.63. The first-order chi connectivity index (χ1) is 13.7. The normalized spacial score (nSPS) is 10.4. The Morgan fingerprint density at radius 1 is 1.04 bits per heavy atom. The molecule has 1 amide bonds. The van der Waals surface area contributed by atoms with Gasteiger partial charge in [0.15, 0.2) is 0 Å². The van der Waals surface area contributed by atoms with Gasteiger partial charge in [-0.2, -0.15) is 0 Å². The van der Waals surface area contributed by atoms with Gasteiger partial charge in [-0.1, -0.05) is 48.5 Å². The summed E-state index contributed by atoms with van der Waals surface area (Å²) in [6.07, 6.45) is 3.13. The molecule has 6 heteroatoms. The summed E-state index contributed by atoms with van der Waals surface area (Å²) in [6, 6.07) is 17.7. The number of benzene rings is 2. The molecule has 0 saturated carbocycles. The van der Waals surface area contributed by atoms with Gasteiger partial charge in [-0.05, 0) is 18.6 Å². The van der Waals surface area contributed by atoms with E-state index in [4.69, 9.17) is 4.74 Å². The zero-order chi connectivity index (χ0) is 19.8. The minimum atomic E-state index is -0.0809. The summed E-state index contributed by atoms with van der Waals surface area (Å²) in [5.74, 6) is 1.19. The Hall–Kier alpha value is -3.41. The van der Waals surface area contributed by atoms with Crippen LogP contribution in [0.4, 0.5) is 5.95 Å². The minimum Gasteiger partial charge on any atom is -0.496 e. The van der Waals surface area contributed by atoms with Gasteiger partial charge < -0.3 is 15.0 Å². The summed E-state index contributed by atoms with van der Waals surface area (Å²) in [6.45, 7) is 3.67. The number of nitrogens with one attached hydrogen (secondary N) is 1. The maximum atomic E-state index is 12.8. The van der Waals surface area contributed by atoms with E-state index in [2.05, 4.69) is 15.3 Å². The molecule has 0 unspecified atom stereocenters. The quantitative estimate of drug-likeness (QED) is 0.648. The van der Waals surface area contributed by atoms with Crippen molar-refractivity contribution in [3.8, 4) is 5.75 Å². The van der Waals surface area contributed by atoms with Gasteiger partial charge in [0.1, 0.15) is 5.75 Å². The van der Waals surface area contributed by atoms with Crippen LogP contribution in [0.3, 0.4) is 0 Å². The second-order valence-corrected chi connectivity index (χ2v) is 6.27. The molecule has 3 rings (SSSR count). The SMILES string of the molecule is CCN(Cc1ccccc1)C(=O)c1cnc(NCc2ccccc2OC)nc1. The molecule has 28 heavy (non-hydrogen) atoms. The number of aromatic nitrogens is 2. The minimum absolute atomic E-state index is 0.0809. The van der Waals surface area contributed by atoms with Crippen LogP contribution in [0.25, 0.3) is 0 Å². The fourth-order valence-corrected chi connectivity index (χ4v) is 2.87. The van der Waals surface area contributed by atoms with Crippen molar-refractivity contribution in [2.24, 2.45) is 0 Å². The standard InChI is InChI=1S/C22H24N4O2/c1-3-26(16-17-9-5-4-6-10-17)21(27)19-14-24-22(25-15-19)23-13-18-11-7-8-12-20(18)28-2/h4-12,14-15H,3,13,16H2,1-2H3,(H,23,24,25). The van der Waals surface area contributed by atoms with Gasteiger partial charge in [0.2, 0.25) is 5.95 Å². The predicted molar refractivity (Wildman–Crippen MR) is 109 cm³/mol. The van der Waals surface area contributed by atoms with Crippen molar-refractivity contribution in [3.05, 3.63) is 83.7 Å². The molecule has 0 atom stereocenters. The summed E-state index contributed by atoms with van der Waals surface area (Å²) < 4.78 is 5.34. The fourth-order valence-electron chi connectivity index (χ4n) is 2.87. The number of rotatable bonds is 8. The lowest BCUT2D eigenvalue weighted by Crippen LogP contribution is -2.30. The molecule has 0 aliphatic carbocycles. The van der Waals surface area contributed by atoms with Gasteiger partial charge in [0.05, 0.1) is 12.7 Å². The summed E-state index contributed by atoms with van der Waals surface area (Å²) >= 11 is 0. The number of nitrogens with zero attached hydrogens (tertiary/aromatic N) is 3. The average Bonchev–Trinajstić information content (AvgIpc) is 2.77. The highest BCUT2D eigenvalue weighted by atomic mass is 16.5. The number of carbonyl (C=O) groups is 1. The Bertz CT molecular complexity index is 898. The van der Waals surface area contributed by atoms with E-state index >= 15 is 0 Å². The number of carbonyl (C=O) groups excluding carboxylic acids is 1. The lowest BCUT2D eigenvalue weighted by Gasteiger charge is -2.21. The molecule has 3 aromatic rings. The zero-order valence-corrected chi connectivity index (χ0v) is 16.1. The fraction of sp³-hybridized carbons (Fsp3) is 0.227. The van der Waals surface area contributed by atoms with Crippen LogP contribution in [0, 0.1) is 0 Å². The van der Waals surface area contributed by atoms with Crippen molar-refractivity contribution in [2.75, 3.05) is 19.0 Å². The summed E-state index contributed by atoms with van der Waals surface area (Å²) in [5.41, 5.74) is 2.57. The first-order valence-corrected chi connectivity index (χ1v) is 9.22. The second kappa shape index (κ2) is 9.50. The number of hydrogen-bond donors (Lipinski definition) is 1. The van der Waals surface area contributed by atoms with Gasteiger partial charge >= 0.3 is 0 Å². The summed E-state index contributed by atoms with van der Waals surface area (Å²) in [4.78, 5) is 23.1. The molecule has 1 aromatic heterocycles. The molecular formula is C22H24N4O2. The molecule has 6 nitrogen and oxygen atoms in total. The van der Waals surface area contributed by atoms with E-state index in [0.29, 0.717) is 31.1 Å². The van der Waals surface area contributed by atoms with Crippen LogP contribution in [0.2, 0.25) is 0 Å². The first-order valence-electron chi connectivity index (χ1n) is 9.22. The molecule has 0 spiro atoms. The molecule has 0 bridgehead atoms. The molecule has 0 radical (unpaired) electrons. The van der Waals surface area contributed by atoms with Crippen LogP contribution >= 0.6 is 0 Å². The molecule has 1 heterocycles. The second-order valence-electron chi connectivity index (χ2n) is 6.27. The van der Waals surface area contributed by atoms with Crippen molar-refractivity contribution < 1.29 is 9.53 Å². The summed E-state index contributed by atoms with van der Waals surface area (Å²) in [5, 5.41) is 3.16. The molecule has 0 fully saturated rings. The molecule has 0 saturated heterocycles. The number of amides is 1. The number of methoxy groups -OCH3 is 1. The van der Waals surface area contributed by atoms with E-state index in [9.17, 15) is 4.79 Å². The predicted octanol–water partition coefficient (Wildman–Crippen LogP) is 3.76. The van der Waals surface area contributed by atoms with Crippen LogP contribution in [-0.4, -0.2) is 34.4 Å². The molecular weight excluding hydrogens is 352 g/mol. The van der Waals surface area contributed by atoms with E-state index in [-0.39, 0.29) is 5.91 Å². The number of para-hydroxylation sites is 1. The third-order valence-electron chi connectivity index (χ3n) is 4.41. The van der Waals surface area contributed by atoms with E-state index < -0.39 is 0 Å². The van der Waals surface area contributed by atoms with Crippen molar-refractivity contribution in [1.82, 2.24) is 14.9 Å². The Morgan fingerprint density at radius 3 is 2.39 bits per heavy atom. The Kier molecular flexibility index (Phi) is 6.57. The number of anilines is 1. The maximum Gasteiger partial charge on any atom is 0.257 e. The highest BCUT2D eigenvalue weighted by Crippen LogP contribution is 2.18. The van der Waals surface area contributed by atoms with Crippen molar-refractivity contribution in [3.63, 3.8) is 0 Å². The van der Waals surface area contributed by atoms with Crippen molar-refractivity contribution in [1.29, 1.82) is 0 Å². The lowest BCUT2D eigenvalue weighted by molar-refractivity contribution is 0.0751. The van der Waals surface area contributed by atoms with Crippen LogP contribution in [0.15, 0.2) is 67.0 Å². The lowest BCUT2D eigenvalue weighted by atomic mass is 10.2. The van der Waals surface area contributed by atoms with E-state index in [1.54, 1.807) is 24.4 Å². The van der Waals surface area contributed by atoms with Gasteiger partial charge in [-0.3, -0.25) is 4.79 Å². The van der Waals surface area contributed by atoms with E-state index in [1.807, 2.05) is 61.5 Å². The third-order valence-corrected chi connectivity index (χ3v) is 4.41. The highest BCUT2D eigenvalue weighted by Gasteiger charge is 2.15. The third kappa shape index (κ3) is 4.85. The van der Waals surface area contributed by atoms with Gasteiger partial charge in [0.25, 0.3) is 5.91 Å². The number of ether oxygens (including phenoxy) is 1. The van der Waals surface area contributed by atoms with Crippen LogP contribution in [0.1, 0.15) is 28.4 Å². The van der Waals surface area contributed by atoms with E-state index in [0.717, 1.165) is 16.9 Å². The Morgan fingerprint density at radius 2 is 1.71 bits per heavy atom. The molecule has 0 aliphatic rings. The molecule has 1 N–H and O–H groups in total. The Labute approximate surface area is 165 Å². The zero-order valence-electron chi connectivity index (χ0n) is 16.1. The van der Waals surface area contributed by atoms with E-state index in [1.165, 1.54) is 0 Å². The number of hydrogen-bond acceptors (Lipinski definition) is 5. The van der Waals surface area contributed by atoms with Crippen LogP contribution in [-0.2, 0) is 13.1 Å². The molecule has 0 aliphatic heterocycles. The first kappa shape index (κ1) is 19.4. The molecule has 144 valence electrons. The highest BCUT2D eigenvalue weighted by molar-refractivity contribution is 5.93. The monoisotopic (exact) mass is 376 g/mol. The van der Waals surface area contributed by atoms with Crippen LogP contribution < -0.4 is 10.1 Å². The average molecular weight is 376 g/mol.